The van der Waals surface area contributed by atoms with Crippen molar-refractivity contribution in [3.63, 3.8) is 0 Å². The first kappa shape index (κ1) is 14.7. The fourth-order valence-electron chi connectivity index (χ4n) is 3.18. The maximum atomic E-state index is 5.44. The molecule has 2 aliphatic rings. The van der Waals surface area contributed by atoms with Crippen molar-refractivity contribution in [2.75, 3.05) is 40.4 Å². The minimum atomic E-state index is 0.489. The average Bonchev–Trinajstić information content (AvgIpc) is 3.37. The van der Waals surface area contributed by atoms with Crippen LogP contribution < -0.4 is 14.8 Å². The Morgan fingerprint density at radius 3 is 2.24 bits per heavy atom. The van der Waals surface area contributed by atoms with E-state index in [0.29, 0.717) is 6.04 Å². The summed E-state index contributed by atoms with van der Waals surface area (Å²) in [6.45, 7) is 4.42. The smallest absolute Gasteiger partial charge is 0.122 e. The van der Waals surface area contributed by atoms with Gasteiger partial charge in [0.2, 0.25) is 0 Å². The van der Waals surface area contributed by atoms with E-state index in [9.17, 15) is 0 Å². The van der Waals surface area contributed by atoms with E-state index < -0.39 is 0 Å². The van der Waals surface area contributed by atoms with Gasteiger partial charge in [0.15, 0.2) is 0 Å². The first-order chi connectivity index (χ1) is 10.3. The van der Waals surface area contributed by atoms with Crippen LogP contribution in [0.5, 0.6) is 11.5 Å². The monoisotopic (exact) mass is 290 g/mol. The molecule has 1 aromatic rings. The van der Waals surface area contributed by atoms with Crippen LogP contribution in [-0.2, 0) is 0 Å². The zero-order valence-corrected chi connectivity index (χ0v) is 13.1. The van der Waals surface area contributed by atoms with Gasteiger partial charge in [0, 0.05) is 38.3 Å². The van der Waals surface area contributed by atoms with Crippen LogP contribution in [-0.4, -0.2) is 45.3 Å². The lowest BCUT2D eigenvalue weighted by Crippen LogP contribution is -2.45. The number of methoxy groups -OCH3 is 2. The van der Waals surface area contributed by atoms with E-state index in [1.165, 1.54) is 24.8 Å². The highest BCUT2D eigenvalue weighted by molar-refractivity contribution is 5.40. The van der Waals surface area contributed by atoms with Crippen molar-refractivity contribution in [2.24, 2.45) is 5.92 Å². The quantitative estimate of drug-likeness (QED) is 0.872. The molecule has 3 rings (SSSR count). The van der Waals surface area contributed by atoms with Gasteiger partial charge < -0.3 is 14.8 Å². The summed E-state index contributed by atoms with van der Waals surface area (Å²) in [5.74, 6) is 2.68. The second-order valence-corrected chi connectivity index (χ2v) is 6.13. The summed E-state index contributed by atoms with van der Waals surface area (Å²) in [6, 6.07) is 6.80. The van der Waals surface area contributed by atoms with Crippen molar-refractivity contribution < 1.29 is 9.47 Å². The molecular weight excluding hydrogens is 264 g/mol. The Morgan fingerprint density at radius 1 is 1.10 bits per heavy atom. The van der Waals surface area contributed by atoms with Crippen LogP contribution in [0.25, 0.3) is 0 Å². The third kappa shape index (κ3) is 3.69. The van der Waals surface area contributed by atoms with Gasteiger partial charge in [-0.25, -0.2) is 0 Å². The SMILES string of the molecule is COc1cc(OC)cc([C@H](CC2CC2)N2CCNCC2)c1. The van der Waals surface area contributed by atoms with Gasteiger partial charge in [-0.15, -0.1) is 0 Å². The molecule has 116 valence electrons. The summed E-state index contributed by atoms with van der Waals surface area (Å²) < 4.78 is 10.9. The van der Waals surface area contributed by atoms with Gasteiger partial charge in [-0.2, -0.15) is 0 Å². The third-order valence-corrected chi connectivity index (χ3v) is 4.60. The van der Waals surface area contributed by atoms with Crippen molar-refractivity contribution in [3.05, 3.63) is 23.8 Å². The van der Waals surface area contributed by atoms with Crippen molar-refractivity contribution in [2.45, 2.75) is 25.3 Å². The molecule has 0 spiro atoms. The van der Waals surface area contributed by atoms with Crippen LogP contribution in [0.4, 0.5) is 0 Å². The summed E-state index contributed by atoms with van der Waals surface area (Å²) in [6.07, 6.45) is 4.05. The second-order valence-electron chi connectivity index (χ2n) is 6.13. The minimum absolute atomic E-state index is 0.489. The highest BCUT2D eigenvalue weighted by atomic mass is 16.5. The summed E-state index contributed by atoms with van der Waals surface area (Å²) in [7, 11) is 3.44. The molecule has 0 radical (unpaired) electrons. The molecule has 1 heterocycles. The molecule has 1 saturated carbocycles. The Balaban J connectivity index is 1.86. The van der Waals surface area contributed by atoms with Crippen LogP contribution in [0.2, 0.25) is 0 Å². The Hall–Kier alpha value is -1.26. The van der Waals surface area contributed by atoms with E-state index in [4.69, 9.17) is 9.47 Å². The average molecular weight is 290 g/mol. The predicted molar refractivity (Wildman–Crippen MR) is 84.1 cm³/mol. The van der Waals surface area contributed by atoms with Crippen LogP contribution in [0.3, 0.4) is 0 Å². The topological polar surface area (TPSA) is 33.7 Å². The molecule has 1 N–H and O–H groups in total. The Kier molecular flexibility index (Phi) is 4.66. The van der Waals surface area contributed by atoms with Crippen molar-refractivity contribution >= 4 is 0 Å². The number of hydrogen-bond acceptors (Lipinski definition) is 4. The van der Waals surface area contributed by atoms with E-state index >= 15 is 0 Å². The van der Waals surface area contributed by atoms with E-state index in [1.54, 1.807) is 14.2 Å². The van der Waals surface area contributed by atoms with Crippen LogP contribution in [0.1, 0.15) is 30.9 Å². The summed E-state index contributed by atoms with van der Waals surface area (Å²) in [4.78, 5) is 2.61. The molecule has 0 amide bonds. The molecule has 1 aliphatic heterocycles. The van der Waals surface area contributed by atoms with Crippen molar-refractivity contribution in [1.82, 2.24) is 10.2 Å². The number of nitrogens with zero attached hydrogens (tertiary/aromatic N) is 1. The van der Waals surface area contributed by atoms with E-state index in [1.807, 2.05) is 6.07 Å². The molecule has 1 atom stereocenters. The Morgan fingerprint density at radius 2 is 1.71 bits per heavy atom. The molecule has 1 saturated heterocycles. The van der Waals surface area contributed by atoms with Crippen LogP contribution >= 0.6 is 0 Å². The first-order valence-electron chi connectivity index (χ1n) is 7.98. The van der Waals surface area contributed by atoms with Gasteiger partial charge in [-0.05, 0) is 30.0 Å². The zero-order valence-electron chi connectivity index (χ0n) is 13.1. The van der Waals surface area contributed by atoms with Gasteiger partial charge in [-0.3, -0.25) is 4.90 Å². The van der Waals surface area contributed by atoms with Gasteiger partial charge >= 0.3 is 0 Å². The zero-order chi connectivity index (χ0) is 14.7. The van der Waals surface area contributed by atoms with E-state index in [2.05, 4.69) is 22.3 Å². The third-order valence-electron chi connectivity index (χ3n) is 4.60. The molecule has 21 heavy (non-hydrogen) atoms. The fourth-order valence-corrected chi connectivity index (χ4v) is 3.18. The van der Waals surface area contributed by atoms with E-state index in [0.717, 1.165) is 43.6 Å². The lowest BCUT2D eigenvalue weighted by molar-refractivity contribution is 0.160. The lowest BCUT2D eigenvalue weighted by Gasteiger charge is -2.35. The van der Waals surface area contributed by atoms with E-state index in [-0.39, 0.29) is 0 Å². The number of benzene rings is 1. The predicted octanol–water partition coefficient (Wildman–Crippen LogP) is 2.45. The van der Waals surface area contributed by atoms with Crippen molar-refractivity contribution in [3.8, 4) is 11.5 Å². The molecule has 1 aromatic carbocycles. The summed E-state index contributed by atoms with van der Waals surface area (Å²) >= 11 is 0. The molecule has 1 aliphatic carbocycles. The normalized spacial score (nSPS) is 21.0. The largest absolute Gasteiger partial charge is 0.497 e. The van der Waals surface area contributed by atoms with Gasteiger partial charge in [0.1, 0.15) is 11.5 Å². The molecule has 0 bridgehead atoms. The number of ether oxygens (including phenoxy) is 2. The second kappa shape index (κ2) is 6.67. The standard InChI is InChI=1S/C17H26N2O2/c1-20-15-10-14(11-16(12-15)21-2)17(9-13-3-4-13)19-7-5-18-6-8-19/h10-13,17-18H,3-9H2,1-2H3/t17-/m0/s1. The fraction of sp³-hybridized carbons (Fsp3) is 0.647. The minimum Gasteiger partial charge on any atom is -0.497 e. The molecular formula is C17H26N2O2. The number of rotatable bonds is 6. The highest BCUT2D eigenvalue weighted by Crippen LogP contribution is 2.41. The Labute approximate surface area is 127 Å². The molecule has 2 fully saturated rings. The summed E-state index contributed by atoms with van der Waals surface area (Å²) in [5.41, 5.74) is 1.33. The maximum absolute atomic E-state index is 5.44. The van der Waals surface area contributed by atoms with Crippen LogP contribution in [0, 0.1) is 5.92 Å². The highest BCUT2D eigenvalue weighted by Gasteiger charge is 2.30. The maximum Gasteiger partial charge on any atom is 0.122 e. The van der Waals surface area contributed by atoms with Crippen molar-refractivity contribution in [1.29, 1.82) is 0 Å². The van der Waals surface area contributed by atoms with Gasteiger partial charge in [0.25, 0.3) is 0 Å². The number of nitrogens with one attached hydrogen (secondary N) is 1. The molecule has 4 nitrogen and oxygen atoms in total. The van der Waals surface area contributed by atoms with Gasteiger partial charge in [-0.1, -0.05) is 12.8 Å². The van der Waals surface area contributed by atoms with Gasteiger partial charge in [0.05, 0.1) is 14.2 Å². The van der Waals surface area contributed by atoms with Crippen LogP contribution in [0.15, 0.2) is 18.2 Å². The first-order valence-corrected chi connectivity index (χ1v) is 7.98. The lowest BCUT2D eigenvalue weighted by atomic mass is 9.98. The molecule has 4 heteroatoms. The molecule has 0 aromatic heterocycles. The number of piperazine rings is 1. The number of hydrogen-bond donors (Lipinski definition) is 1. The molecule has 0 unspecified atom stereocenters. The summed E-state index contributed by atoms with van der Waals surface area (Å²) in [5, 5.41) is 3.44. The Bertz CT molecular complexity index is 446.